The van der Waals surface area contributed by atoms with Gasteiger partial charge in [0.05, 0.1) is 5.60 Å². The monoisotopic (exact) mass is 531 g/mol. The van der Waals surface area contributed by atoms with E-state index in [4.69, 9.17) is 24.5 Å². The van der Waals surface area contributed by atoms with Crippen LogP contribution in [0.2, 0.25) is 0 Å². The van der Waals surface area contributed by atoms with Crippen molar-refractivity contribution in [3.8, 4) is 0 Å². The number of hydrogen-bond donors (Lipinski definition) is 4. The van der Waals surface area contributed by atoms with Gasteiger partial charge in [-0.3, -0.25) is 4.79 Å². The number of likely N-dealkylation sites (N-methyl/N-ethyl adjacent to an activating group) is 1. The van der Waals surface area contributed by atoms with E-state index in [1.54, 1.807) is 0 Å². The molecule has 15 heteroatoms. The molecule has 0 aromatic heterocycles. The van der Waals surface area contributed by atoms with E-state index >= 15 is 0 Å². The number of piperidine rings is 1. The summed E-state index contributed by atoms with van der Waals surface area (Å²) in [5.41, 5.74) is 1.79. The van der Waals surface area contributed by atoms with Crippen LogP contribution in [0.25, 0.3) is 0 Å². The van der Waals surface area contributed by atoms with E-state index in [2.05, 4.69) is 22.6 Å². The summed E-state index contributed by atoms with van der Waals surface area (Å²) in [6.07, 6.45) is -8.64. The first kappa shape index (κ1) is 31.1. The number of nitrogens with one attached hydrogen (secondary N) is 2. The van der Waals surface area contributed by atoms with E-state index < -0.39 is 30.4 Å². The van der Waals surface area contributed by atoms with Gasteiger partial charge in [0, 0.05) is 18.8 Å². The lowest BCUT2D eigenvalue weighted by atomic mass is 9.89. The number of carboxylic acid groups (broad SMARTS) is 2. The Morgan fingerprint density at radius 2 is 1.56 bits per heavy atom. The normalized spacial score (nSPS) is 19.7. The van der Waals surface area contributed by atoms with Crippen molar-refractivity contribution in [2.45, 2.75) is 43.8 Å². The first-order valence-electron chi connectivity index (χ1n) is 10.5. The zero-order chi connectivity index (χ0) is 27.7. The van der Waals surface area contributed by atoms with Crippen LogP contribution in [0.3, 0.4) is 0 Å². The Kier molecular flexibility index (Phi) is 11.1. The number of benzene rings is 1. The minimum Gasteiger partial charge on any atom is -0.475 e. The largest absolute Gasteiger partial charge is 0.490 e. The SMILES string of the molecule is Cc1cccc(NC(=O)C2CN(C)CC3(CCNCC3)O2)c1.O=C(O)C(F)(F)F.O=C(O)C(F)(F)F. The first-order valence-corrected chi connectivity index (χ1v) is 10.5. The minimum absolute atomic E-state index is 0.0462. The fourth-order valence-electron chi connectivity index (χ4n) is 3.46. The van der Waals surface area contributed by atoms with Crippen LogP contribution < -0.4 is 10.6 Å². The van der Waals surface area contributed by atoms with Crippen molar-refractivity contribution < 1.29 is 55.7 Å². The Bertz CT molecular complexity index is 879. The van der Waals surface area contributed by atoms with E-state index in [1.165, 1.54) is 0 Å². The van der Waals surface area contributed by atoms with Crippen LogP contribution in [0.15, 0.2) is 24.3 Å². The third-order valence-electron chi connectivity index (χ3n) is 5.01. The molecule has 4 N–H and O–H groups in total. The Morgan fingerprint density at radius 1 is 1.06 bits per heavy atom. The molecule has 3 rings (SSSR count). The lowest BCUT2D eigenvalue weighted by Gasteiger charge is -2.46. The number of amides is 1. The third-order valence-corrected chi connectivity index (χ3v) is 5.01. The molecule has 1 aromatic carbocycles. The molecule has 0 saturated carbocycles. The molecule has 1 unspecified atom stereocenters. The fourth-order valence-corrected chi connectivity index (χ4v) is 3.46. The summed E-state index contributed by atoms with van der Waals surface area (Å²) >= 11 is 0. The Morgan fingerprint density at radius 3 is 2.00 bits per heavy atom. The van der Waals surface area contributed by atoms with Crippen molar-refractivity contribution >= 4 is 23.5 Å². The van der Waals surface area contributed by atoms with Crippen molar-refractivity contribution in [2.75, 3.05) is 38.5 Å². The number of alkyl halides is 6. The molecule has 1 amide bonds. The third kappa shape index (κ3) is 10.8. The van der Waals surface area contributed by atoms with Gasteiger partial charge in [0.1, 0.15) is 6.10 Å². The predicted octanol–water partition coefficient (Wildman–Crippen LogP) is 2.65. The summed E-state index contributed by atoms with van der Waals surface area (Å²) in [4.78, 5) is 32.6. The van der Waals surface area contributed by atoms with Crippen LogP contribution in [-0.2, 0) is 19.1 Å². The second-order valence-corrected chi connectivity index (χ2v) is 8.20. The molecule has 1 atom stereocenters. The van der Waals surface area contributed by atoms with Crippen molar-refractivity contribution in [1.29, 1.82) is 0 Å². The highest BCUT2D eigenvalue weighted by Gasteiger charge is 2.43. The number of carboxylic acids is 2. The summed E-state index contributed by atoms with van der Waals surface area (Å²) in [5.74, 6) is -5.56. The number of anilines is 1. The van der Waals surface area contributed by atoms with Gasteiger partial charge in [0.2, 0.25) is 0 Å². The van der Waals surface area contributed by atoms with Gasteiger partial charge in [-0.25, -0.2) is 9.59 Å². The van der Waals surface area contributed by atoms with Crippen LogP contribution in [0.1, 0.15) is 18.4 Å². The Labute approximate surface area is 202 Å². The van der Waals surface area contributed by atoms with Crippen LogP contribution in [0.5, 0.6) is 0 Å². The van der Waals surface area contributed by atoms with E-state index in [0.717, 1.165) is 43.7 Å². The fraction of sp³-hybridized carbons (Fsp3) is 0.571. The lowest BCUT2D eigenvalue weighted by Crippen LogP contribution is -2.60. The highest BCUT2D eigenvalue weighted by Crippen LogP contribution is 2.30. The molecular formula is C21H27F6N3O6. The summed E-state index contributed by atoms with van der Waals surface area (Å²) in [7, 11) is 2.07. The lowest BCUT2D eigenvalue weighted by molar-refractivity contribution is -0.193. The second-order valence-electron chi connectivity index (χ2n) is 8.20. The molecular weight excluding hydrogens is 504 g/mol. The summed E-state index contributed by atoms with van der Waals surface area (Å²) < 4.78 is 69.7. The van der Waals surface area contributed by atoms with Crippen LogP contribution >= 0.6 is 0 Å². The first-order chi connectivity index (χ1) is 16.4. The van der Waals surface area contributed by atoms with Crippen LogP contribution in [0, 0.1) is 6.92 Å². The van der Waals surface area contributed by atoms with Crippen LogP contribution in [-0.4, -0.2) is 90.2 Å². The number of carbonyl (C=O) groups is 3. The quantitative estimate of drug-likeness (QED) is 0.429. The van der Waals surface area contributed by atoms with Gasteiger partial charge in [-0.2, -0.15) is 26.3 Å². The van der Waals surface area contributed by atoms with Crippen molar-refractivity contribution in [3.05, 3.63) is 29.8 Å². The summed E-state index contributed by atoms with van der Waals surface area (Å²) in [5, 5.41) is 20.6. The zero-order valence-corrected chi connectivity index (χ0v) is 19.4. The smallest absolute Gasteiger partial charge is 0.475 e. The molecule has 0 aliphatic carbocycles. The molecule has 36 heavy (non-hydrogen) atoms. The van der Waals surface area contributed by atoms with E-state index in [0.29, 0.717) is 6.54 Å². The molecule has 2 aliphatic heterocycles. The number of aliphatic carboxylic acids is 2. The molecule has 9 nitrogen and oxygen atoms in total. The topological polar surface area (TPSA) is 128 Å². The maximum absolute atomic E-state index is 12.6. The predicted molar refractivity (Wildman–Crippen MR) is 114 cm³/mol. The van der Waals surface area contributed by atoms with Gasteiger partial charge < -0.3 is 30.5 Å². The molecule has 2 aliphatic rings. The molecule has 0 radical (unpaired) electrons. The van der Waals surface area contributed by atoms with Gasteiger partial charge in [-0.15, -0.1) is 0 Å². The van der Waals surface area contributed by atoms with Gasteiger partial charge in [0.15, 0.2) is 0 Å². The van der Waals surface area contributed by atoms with Crippen molar-refractivity contribution in [3.63, 3.8) is 0 Å². The van der Waals surface area contributed by atoms with Crippen LogP contribution in [0.4, 0.5) is 32.0 Å². The van der Waals surface area contributed by atoms with Gasteiger partial charge in [-0.05, 0) is 57.6 Å². The maximum atomic E-state index is 12.6. The Hall–Kier alpha value is -2.91. The molecule has 204 valence electrons. The average Bonchev–Trinajstić information content (AvgIpc) is 2.73. The Balaban J connectivity index is 0.000000383. The van der Waals surface area contributed by atoms with Gasteiger partial charge in [-0.1, -0.05) is 12.1 Å². The van der Waals surface area contributed by atoms with Gasteiger partial charge in [0.25, 0.3) is 5.91 Å². The zero-order valence-electron chi connectivity index (χ0n) is 19.4. The summed E-state index contributed by atoms with van der Waals surface area (Å²) in [6, 6.07) is 7.86. The molecule has 2 heterocycles. The van der Waals surface area contributed by atoms with E-state index in [1.807, 2.05) is 31.2 Å². The van der Waals surface area contributed by atoms with Crippen molar-refractivity contribution in [1.82, 2.24) is 10.2 Å². The van der Waals surface area contributed by atoms with Gasteiger partial charge >= 0.3 is 24.3 Å². The summed E-state index contributed by atoms with van der Waals surface area (Å²) in [6.45, 7) is 5.49. The highest BCUT2D eigenvalue weighted by atomic mass is 19.4. The molecule has 2 fully saturated rings. The number of carbonyl (C=O) groups excluding carboxylic acids is 1. The number of ether oxygens (including phenoxy) is 1. The standard InChI is InChI=1S/C17H25N3O2.2C2HF3O2/c1-13-4-3-5-14(10-13)19-16(21)15-11-20(2)12-17(22-15)6-8-18-9-7-17;2*3-2(4,5)1(6)7/h3-5,10,15,18H,6-9,11-12H2,1-2H3,(H,19,21);2*(H,6,7). The number of morpholine rings is 1. The molecule has 2 saturated heterocycles. The minimum atomic E-state index is -5.08. The second kappa shape index (κ2) is 12.9. The van der Waals surface area contributed by atoms with Crippen molar-refractivity contribution in [2.24, 2.45) is 0 Å². The van der Waals surface area contributed by atoms with E-state index in [-0.39, 0.29) is 11.5 Å². The molecule has 0 bridgehead atoms. The molecule has 1 spiro atoms. The highest BCUT2D eigenvalue weighted by molar-refractivity contribution is 5.94. The van der Waals surface area contributed by atoms with E-state index in [9.17, 15) is 31.1 Å². The number of nitrogens with zero attached hydrogens (tertiary/aromatic N) is 1. The number of halogens is 6. The average molecular weight is 531 g/mol. The number of rotatable bonds is 2. The number of aryl methyl sites for hydroxylation is 1. The number of hydrogen-bond acceptors (Lipinski definition) is 6. The molecule has 1 aromatic rings. The maximum Gasteiger partial charge on any atom is 0.490 e.